The maximum atomic E-state index is 13.2. The van der Waals surface area contributed by atoms with Crippen LogP contribution in [0.25, 0.3) is 0 Å². The molecule has 1 fully saturated rings. The molecule has 2 aromatic carbocycles. The minimum Gasteiger partial charge on any atom is -0.489 e. The molecule has 1 aliphatic carbocycles. The van der Waals surface area contributed by atoms with Crippen LogP contribution in [-0.2, 0) is 13.2 Å². The fraction of sp³-hybridized carbons (Fsp3) is 0.294. The van der Waals surface area contributed by atoms with Gasteiger partial charge in [0.1, 0.15) is 18.2 Å². The molecule has 110 valence electrons. The van der Waals surface area contributed by atoms with Crippen molar-refractivity contribution in [3.05, 3.63) is 64.4 Å². The third-order valence-corrected chi connectivity index (χ3v) is 3.84. The van der Waals surface area contributed by atoms with E-state index in [1.165, 1.54) is 30.5 Å². The van der Waals surface area contributed by atoms with E-state index in [9.17, 15) is 4.39 Å². The number of nitrogens with one attached hydrogen (secondary N) is 1. The summed E-state index contributed by atoms with van der Waals surface area (Å²) in [5, 5.41) is 3.98. The SMILES string of the molecule is Fc1ccc(Cl)c(COc2cccc(CNC3CC3)c2)c1. The highest BCUT2D eigenvalue weighted by Gasteiger charge is 2.19. The summed E-state index contributed by atoms with van der Waals surface area (Å²) in [6.45, 7) is 1.11. The summed E-state index contributed by atoms with van der Waals surface area (Å²) in [6, 6.07) is 12.9. The van der Waals surface area contributed by atoms with Gasteiger partial charge in [-0.25, -0.2) is 4.39 Å². The molecule has 0 amide bonds. The van der Waals surface area contributed by atoms with E-state index in [0.717, 1.165) is 12.3 Å². The highest BCUT2D eigenvalue weighted by molar-refractivity contribution is 6.31. The summed E-state index contributed by atoms with van der Waals surface area (Å²) in [4.78, 5) is 0. The number of rotatable bonds is 6. The normalized spacial score (nSPS) is 14.2. The Morgan fingerprint density at radius 2 is 2.05 bits per heavy atom. The molecular formula is C17H17ClFNO. The molecule has 0 aromatic heterocycles. The van der Waals surface area contributed by atoms with Gasteiger partial charge in [0.15, 0.2) is 0 Å². The monoisotopic (exact) mass is 305 g/mol. The Balaban J connectivity index is 1.61. The van der Waals surface area contributed by atoms with E-state index in [0.29, 0.717) is 16.6 Å². The molecule has 1 aliphatic rings. The second kappa shape index (κ2) is 6.46. The second-order valence-corrected chi connectivity index (χ2v) is 5.73. The zero-order valence-corrected chi connectivity index (χ0v) is 12.4. The van der Waals surface area contributed by atoms with Gasteiger partial charge in [-0.2, -0.15) is 0 Å². The van der Waals surface area contributed by atoms with E-state index in [4.69, 9.17) is 16.3 Å². The molecular weight excluding hydrogens is 289 g/mol. The summed E-state index contributed by atoms with van der Waals surface area (Å²) in [5.74, 6) is 0.464. The van der Waals surface area contributed by atoms with Crippen LogP contribution in [0.1, 0.15) is 24.0 Å². The topological polar surface area (TPSA) is 21.3 Å². The van der Waals surface area contributed by atoms with Crippen molar-refractivity contribution in [2.45, 2.75) is 32.0 Å². The first-order chi connectivity index (χ1) is 10.2. The van der Waals surface area contributed by atoms with Crippen molar-refractivity contribution in [2.24, 2.45) is 0 Å². The molecule has 0 unspecified atom stereocenters. The van der Waals surface area contributed by atoms with E-state index in [1.807, 2.05) is 18.2 Å². The summed E-state index contributed by atoms with van der Waals surface area (Å²) in [7, 11) is 0. The van der Waals surface area contributed by atoms with Crippen molar-refractivity contribution < 1.29 is 9.13 Å². The van der Waals surface area contributed by atoms with Gasteiger partial charge >= 0.3 is 0 Å². The second-order valence-electron chi connectivity index (χ2n) is 5.33. The van der Waals surface area contributed by atoms with Crippen LogP contribution in [0.15, 0.2) is 42.5 Å². The zero-order chi connectivity index (χ0) is 14.7. The molecule has 2 aromatic rings. The van der Waals surface area contributed by atoms with Crippen molar-refractivity contribution in [1.29, 1.82) is 0 Å². The van der Waals surface area contributed by atoms with Crippen LogP contribution in [-0.4, -0.2) is 6.04 Å². The minimum absolute atomic E-state index is 0.260. The standard InChI is InChI=1S/C17H17ClFNO/c18-17-7-4-14(19)9-13(17)11-21-16-3-1-2-12(8-16)10-20-15-5-6-15/h1-4,7-9,15,20H,5-6,10-11H2. The van der Waals surface area contributed by atoms with Crippen LogP contribution in [0, 0.1) is 5.82 Å². The predicted molar refractivity (Wildman–Crippen MR) is 82.0 cm³/mol. The van der Waals surface area contributed by atoms with Crippen molar-refractivity contribution >= 4 is 11.6 Å². The van der Waals surface area contributed by atoms with Crippen molar-refractivity contribution in [3.8, 4) is 5.75 Å². The average molecular weight is 306 g/mol. The molecule has 4 heteroatoms. The molecule has 1 N–H and O–H groups in total. The van der Waals surface area contributed by atoms with Gasteiger partial charge in [0.05, 0.1) is 0 Å². The summed E-state index contributed by atoms with van der Waals surface area (Å²) < 4.78 is 18.9. The lowest BCUT2D eigenvalue weighted by atomic mass is 10.2. The van der Waals surface area contributed by atoms with E-state index >= 15 is 0 Å². The van der Waals surface area contributed by atoms with Gasteiger partial charge in [-0.1, -0.05) is 23.7 Å². The van der Waals surface area contributed by atoms with E-state index in [2.05, 4.69) is 11.4 Å². The molecule has 0 saturated heterocycles. The van der Waals surface area contributed by atoms with Crippen molar-refractivity contribution in [1.82, 2.24) is 5.32 Å². The largest absolute Gasteiger partial charge is 0.489 e. The molecule has 0 bridgehead atoms. The van der Waals surface area contributed by atoms with Gasteiger partial charge in [0.2, 0.25) is 0 Å². The summed E-state index contributed by atoms with van der Waals surface area (Å²) >= 11 is 6.03. The van der Waals surface area contributed by atoms with Gasteiger partial charge in [-0.05, 0) is 48.7 Å². The van der Waals surface area contributed by atoms with Gasteiger partial charge < -0.3 is 10.1 Å². The van der Waals surface area contributed by atoms with Crippen LogP contribution < -0.4 is 10.1 Å². The lowest BCUT2D eigenvalue weighted by Gasteiger charge is -2.10. The molecule has 0 heterocycles. The molecule has 0 aliphatic heterocycles. The lowest BCUT2D eigenvalue weighted by molar-refractivity contribution is 0.305. The quantitative estimate of drug-likeness (QED) is 0.858. The maximum absolute atomic E-state index is 13.2. The highest BCUT2D eigenvalue weighted by atomic mass is 35.5. The van der Waals surface area contributed by atoms with Crippen LogP contribution in [0.3, 0.4) is 0 Å². The molecule has 0 spiro atoms. The minimum atomic E-state index is -0.305. The predicted octanol–water partition coefficient (Wildman–Crippen LogP) is 4.31. The molecule has 3 rings (SSSR count). The number of halogens is 2. The Bertz CT molecular complexity index is 628. The number of hydrogen-bond donors (Lipinski definition) is 1. The Labute approximate surface area is 128 Å². The number of ether oxygens (including phenoxy) is 1. The highest BCUT2D eigenvalue weighted by Crippen LogP contribution is 2.22. The molecule has 21 heavy (non-hydrogen) atoms. The average Bonchev–Trinajstić information content (AvgIpc) is 3.31. The Hall–Kier alpha value is -1.58. The Morgan fingerprint density at radius 1 is 1.19 bits per heavy atom. The van der Waals surface area contributed by atoms with Gasteiger partial charge in [-0.15, -0.1) is 0 Å². The van der Waals surface area contributed by atoms with E-state index < -0.39 is 0 Å². The van der Waals surface area contributed by atoms with Crippen LogP contribution in [0.5, 0.6) is 5.75 Å². The van der Waals surface area contributed by atoms with Crippen LogP contribution >= 0.6 is 11.6 Å². The third-order valence-electron chi connectivity index (χ3n) is 3.47. The fourth-order valence-electron chi connectivity index (χ4n) is 2.11. The molecule has 0 radical (unpaired) electrons. The Morgan fingerprint density at radius 3 is 2.86 bits per heavy atom. The van der Waals surface area contributed by atoms with E-state index in [-0.39, 0.29) is 12.4 Å². The lowest BCUT2D eigenvalue weighted by Crippen LogP contribution is -2.15. The smallest absolute Gasteiger partial charge is 0.123 e. The van der Waals surface area contributed by atoms with Crippen molar-refractivity contribution in [2.75, 3.05) is 0 Å². The number of benzene rings is 2. The third kappa shape index (κ3) is 4.19. The summed E-state index contributed by atoms with van der Waals surface area (Å²) in [6.07, 6.45) is 2.54. The maximum Gasteiger partial charge on any atom is 0.123 e. The fourth-order valence-corrected chi connectivity index (χ4v) is 2.28. The van der Waals surface area contributed by atoms with Gasteiger partial charge in [-0.3, -0.25) is 0 Å². The summed E-state index contributed by atoms with van der Waals surface area (Å²) in [5.41, 5.74) is 1.84. The van der Waals surface area contributed by atoms with Crippen molar-refractivity contribution in [3.63, 3.8) is 0 Å². The van der Waals surface area contributed by atoms with E-state index in [1.54, 1.807) is 6.07 Å². The molecule has 0 atom stereocenters. The molecule has 1 saturated carbocycles. The first-order valence-electron chi connectivity index (χ1n) is 7.10. The Kier molecular flexibility index (Phi) is 4.42. The number of hydrogen-bond acceptors (Lipinski definition) is 2. The van der Waals surface area contributed by atoms with Crippen LogP contribution in [0.2, 0.25) is 5.02 Å². The van der Waals surface area contributed by atoms with Gasteiger partial charge in [0, 0.05) is 23.2 Å². The molecule has 2 nitrogen and oxygen atoms in total. The van der Waals surface area contributed by atoms with Crippen LogP contribution in [0.4, 0.5) is 4.39 Å². The van der Waals surface area contributed by atoms with Gasteiger partial charge in [0.25, 0.3) is 0 Å². The zero-order valence-electron chi connectivity index (χ0n) is 11.6. The first kappa shape index (κ1) is 14.4. The first-order valence-corrected chi connectivity index (χ1v) is 7.47.